The monoisotopic (exact) mass is 225 g/mol. The van der Waals surface area contributed by atoms with Crippen LogP contribution < -0.4 is 5.32 Å². The van der Waals surface area contributed by atoms with E-state index in [0.717, 1.165) is 12.5 Å². The molecule has 1 N–H and O–H groups in total. The molecule has 94 valence electrons. The van der Waals surface area contributed by atoms with E-state index in [4.69, 9.17) is 4.74 Å². The highest BCUT2D eigenvalue weighted by atomic mass is 16.5. The van der Waals surface area contributed by atoms with Crippen molar-refractivity contribution in [2.45, 2.75) is 64.5 Å². The van der Waals surface area contributed by atoms with E-state index in [0.29, 0.717) is 18.1 Å². The number of rotatable bonds is 4. The Morgan fingerprint density at radius 2 is 1.94 bits per heavy atom. The van der Waals surface area contributed by atoms with Gasteiger partial charge in [-0.15, -0.1) is 0 Å². The van der Waals surface area contributed by atoms with Crippen LogP contribution >= 0.6 is 0 Å². The topological polar surface area (TPSA) is 21.3 Å². The van der Waals surface area contributed by atoms with Crippen molar-refractivity contribution >= 4 is 0 Å². The molecule has 2 atom stereocenters. The SMILES string of the molecule is CC(C)C1CC(NCC2CCCC2)CCO1. The van der Waals surface area contributed by atoms with Crippen LogP contribution in [0.5, 0.6) is 0 Å². The Morgan fingerprint density at radius 3 is 2.62 bits per heavy atom. The van der Waals surface area contributed by atoms with Gasteiger partial charge in [0.05, 0.1) is 6.10 Å². The zero-order valence-corrected chi connectivity index (χ0v) is 10.9. The smallest absolute Gasteiger partial charge is 0.0612 e. The summed E-state index contributed by atoms with van der Waals surface area (Å²) in [5, 5.41) is 3.77. The minimum Gasteiger partial charge on any atom is -0.378 e. The van der Waals surface area contributed by atoms with E-state index in [9.17, 15) is 0 Å². The molecule has 1 heterocycles. The highest BCUT2D eigenvalue weighted by molar-refractivity contribution is 4.80. The minimum absolute atomic E-state index is 0.481. The first-order valence-corrected chi connectivity index (χ1v) is 7.10. The number of ether oxygens (including phenoxy) is 1. The van der Waals surface area contributed by atoms with Crippen LogP contribution in [-0.4, -0.2) is 25.3 Å². The lowest BCUT2D eigenvalue weighted by atomic mass is 9.95. The molecule has 1 aliphatic carbocycles. The van der Waals surface area contributed by atoms with Gasteiger partial charge in [0, 0.05) is 12.6 Å². The van der Waals surface area contributed by atoms with E-state index in [-0.39, 0.29) is 0 Å². The highest BCUT2D eigenvalue weighted by Crippen LogP contribution is 2.25. The van der Waals surface area contributed by atoms with Crippen molar-refractivity contribution < 1.29 is 4.74 Å². The van der Waals surface area contributed by atoms with Gasteiger partial charge in [-0.3, -0.25) is 0 Å². The largest absolute Gasteiger partial charge is 0.378 e. The average molecular weight is 225 g/mol. The first kappa shape index (κ1) is 12.4. The van der Waals surface area contributed by atoms with Gasteiger partial charge < -0.3 is 10.1 Å². The predicted molar refractivity (Wildman–Crippen MR) is 67.6 cm³/mol. The maximum Gasteiger partial charge on any atom is 0.0612 e. The Morgan fingerprint density at radius 1 is 1.19 bits per heavy atom. The molecule has 2 unspecified atom stereocenters. The fourth-order valence-electron chi connectivity index (χ4n) is 3.03. The van der Waals surface area contributed by atoms with Gasteiger partial charge >= 0.3 is 0 Å². The first-order chi connectivity index (χ1) is 7.75. The van der Waals surface area contributed by atoms with E-state index in [1.165, 1.54) is 45.1 Å². The molecule has 2 heteroatoms. The Bertz CT molecular complexity index is 199. The van der Waals surface area contributed by atoms with Gasteiger partial charge in [0.2, 0.25) is 0 Å². The maximum absolute atomic E-state index is 5.80. The lowest BCUT2D eigenvalue weighted by Crippen LogP contribution is -2.42. The van der Waals surface area contributed by atoms with Crippen molar-refractivity contribution in [3.8, 4) is 0 Å². The normalized spacial score (nSPS) is 32.4. The van der Waals surface area contributed by atoms with Crippen LogP contribution in [0.3, 0.4) is 0 Å². The lowest BCUT2D eigenvalue weighted by molar-refractivity contribution is -0.0247. The van der Waals surface area contributed by atoms with E-state index >= 15 is 0 Å². The van der Waals surface area contributed by atoms with E-state index in [1.54, 1.807) is 0 Å². The molecule has 16 heavy (non-hydrogen) atoms. The second-order valence-electron chi connectivity index (χ2n) is 5.93. The van der Waals surface area contributed by atoms with Gasteiger partial charge in [0.15, 0.2) is 0 Å². The van der Waals surface area contributed by atoms with Crippen LogP contribution in [0.1, 0.15) is 52.4 Å². The molecule has 0 bridgehead atoms. The molecule has 2 rings (SSSR count). The molecule has 0 aromatic rings. The average Bonchev–Trinajstić information content (AvgIpc) is 2.79. The standard InChI is InChI=1S/C14H27NO/c1-11(2)14-9-13(7-8-16-14)15-10-12-5-3-4-6-12/h11-15H,3-10H2,1-2H3. The Kier molecular flexibility index (Phi) is 4.66. The van der Waals surface area contributed by atoms with Crippen molar-refractivity contribution in [1.29, 1.82) is 0 Å². The maximum atomic E-state index is 5.80. The van der Waals surface area contributed by atoms with Gasteiger partial charge in [-0.05, 0) is 44.1 Å². The third-order valence-electron chi connectivity index (χ3n) is 4.23. The Labute approximate surface area is 100 Å². The summed E-state index contributed by atoms with van der Waals surface area (Å²) in [5.74, 6) is 1.62. The zero-order valence-electron chi connectivity index (χ0n) is 10.9. The van der Waals surface area contributed by atoms with Crippen LogP contribution in [0.4, 0.5) is 0 Å². The summed E-state index contributed by atoms with van der Waals surface area (Å²) in [5.41, 5.74) is 0. The molecule has 0 radical (unpaired) electrons. The van der Waals surface area contributed by atoms with Gasteiger partial charge in [0.25, 0.3) is 0 Å². The molecule has 0 aromatic heterocycles. The molecule has 0 aromatic carbocycles. The third kappa shape index (κ3) is 3.46. The van der Waals surface area contributed by atoms with E-state index in [1.807, 2.05) is 0 Å². The highest BCUT2D eigenvalue weighted by Gasteiger charge is 2.25. The lowest BCUT2D eigenvalue weighted by Gasteiger charge is -2.33. The molecule has 1 saturated heterocycles. The minimum atomic E-state index is 0.481. The fraction of sp³-hybridized carbons (Fsp3) is 1.00. The summed E-state index contributed by atoms with van der Waals surface area (Å²) in [4.78, 5) is 0. The summed E-state index contributed by atoms with van der Waals surface area (Å²) in [6, 6.07) is 0.710. The summed E-state index contributed by atoms with van der Waals surface area (Å²) >= 11 is 0. The van der Waals surface area contributed by atoms with Gasteiger partial charge in [-0.1, -0.05) is 26.7 Å². The van der Waals surface area contributed by atoms with E-state index < -0.39 is 0 Å². The quantitative estimate of drug-likeness (QED) is 0.794. The van der Waals surface area contributed by atoms with Crippen LogP contribution in [-0.2, 0) is 4.74 Å². The summed E-state index contributed by atoms with van der Waals surface area (Å²) in [7, 11) is 0. The summed E-state index contributed by atoms with van der Waals surface area (Å²) < 4.78 is 5.80. The molecule has 0 amide bonds. The summed E-state index contributed by atoms with van der Waals surface area (Å²) in [6.45, 7) is 6.73. The Balaban J connectivity index is 1.68. The molecular formula is C14H27NO. The van der Waals surface area contributed by atoms with Crippen molar-refractivity contribution in [3.05, 3.63) is 0 Å². The van der Waals surface area contributed by atoms with Gasteiger partial charge in [-0.2, -0.15) is 0 Å². The van der Waals surface area contributed by atoms with Crippen LogP contribution in [0, 0.1) is 11.8 Å². The zero-order chi connectivity index (χ0) is 11.4. The molecule has 2 aliphatic rings. The van der Waals surface area contributed by atoms with Gasteiger partial charge in [0.1, 0.15) is 0 Å². The van der Waals surface area contributed by atoms with Crippen molar-refractivity contribution in [1.82, 2.24) is 5.32 Å². The fourth-order valence-corrected chi connectivity index (χ4v) is 3.03. The number of nitrogens with one attached hydrogen (secondary N) is 1. The van der Waals surface area contributed by atoms with Crippen molar-refractivity contribution in [2.75, 3.05) is 13.2 Å². The molecular weight excluding hydrogens is 198 g/mol. The van der Waals surface area contributed by atoms with E-state index in [2.05, 4.69) is 19.2 Å². The van der Waals surface area contributed by atoms with Crippen LogP contribution in [0.25, 0.3) is 0 Å². The van der Waals surface area contributed by atoms with Crippen LogP contribution in [0.2, 0.25) is 0 Å². The molecule has 1 saturated carbocycles. The third-order valence-corrected chi connectivity index (χ3v) is 4.23. The van der Waals surface area contributed by atoms with Crippen molar-refractivity contribution in [2.24, 2.45) is 11.8 Å². The van der Waals surface area contributed by atoms with Crippen LogP contribution in [0.15, 0.2) is 0 Å². The molecule has 2 nitrogen and oxygen atoms in total. The summed E-state index contributed by atoms with van der Waals surface area (Å²) in [6.07, 6.45) is 8.70. The number of hydrogen-bond donors (Lipinski definition) is 1. The second-order valence-corrected chi connectivity index (χ2v) is 5.93. The molecule has 2 fully saturated rings. The van der Waals surface area contributed by atoms with Gasteiger partial charge in [-0.25, -0.2) is 0 Å². The predicted octanol–water partition coefficient (Wildman–Crippen LogP) is 2.97. The number of hydrogen-bond acceptors (Lipinski definition) is 2. The second kappa shape index (κ2) is 6.02. The Hall–Kier alpha value is -0.0800. The first-order valence-electron chi connectivity index (χ1n) is 7.10. The molecule has 0 spiro atoms. The van der Waals surface area contributed by atoms with Crippen molar-refractivity contribution in [3.63, 3.8) is 0 Å². The molecule has 1 aliphatic heterocycles.